The van der Waals surface area contributed by atoms with Crippen LogP contribution in [0.2, 0.25) is 0 Å². The minimum absolute atomic E-state index is 0.0213. The van der Waals surface area contributed by atoms with Gasteiger partial charge in [0.15, 0.2) is 5.82 Å². The van der Waals surface area contributed by atoms with Crippen molar-refractivity contribution in [2.75, 3.05) is 68.2 Å². The van der Waals surface area contributed by atoms with Gasteiger partial charge in [0.1, 0.15) is 65.3 Å². The maximum Gasteiger partial charge on any atom is 0.420 e. The normalized spacial score (nSPS) is 20.1. The van der Waals surface area contributed by atoms with Crippen LogP contribution in [0, 0.1) is 11.6 Å². The second-order valence-corrected chi connectivity index (χ2v) is 16.4. The highest BCUT2D eigenvalue weighted by atomic mass is 32.1. The maximum absolute atomic E-state index is 17.8. The minimum atomic E-state index is -5.20. The van der Waals surface area contributed by atoms with Gasteiger partial charge in [-0.1, -0.05) is 17.3 Å². The van der Waals surface area contributed by atoms with Crippen LogP contribution in [0.15, 0.2) is 35.6 Å². The van der Waals surface area contributed by atoms with Crippen LogP contribution in [0.3, 0.4) is 0 Å². The summed E-state index contributed by atoms with van der Waals surface area (Å²) in [5, 5.41) is 6.70. The SMILES string of the molecule is CCO/N=C(\C)CCC[C@H](c1cccnc1N)N1CCOc2c(C(F)(F)F)c(-c3ccc(F)c4sc(N)c(NC)c34)c(F)c3nc(OC[C@@]45CCCN4C[C@H](F)C5)nc1c23. The number of nitrogens with zero attached hydrogens (tertiary/aromatic N) is 6. The van der Waals surface area contributed by atoms with Crippen LogP contribution in [0.25, 0.3) is 32.1 Å². The minimum Gasteiger partial charge on any atom is -0.490 e. The van der Waals surface area contributed by atoms with Gasteiger partial charge in [-0.05, 0) is 70.2 Å². The van der Waals surface area contributed by atoms with Gasteiger partial charge >= 0.3 is 12.2 Å². The molecular formula is C41H45F6N9O3S. The fourth-order valence-corrected chi connectivity index (χ4v) is 10.1. The number of pyridine rings is 1. The van der Waals surface area contributed by atoms with E-state index in [1.54, 1.807) is 17.0 Å². The number of nitrogen functional groups attached to an aromatic ring is 2. The fraction of sp³-hybridized carbons (Fsp3) is 0.463. The zero-order chi connectivity index (χ0) is 42.5. The summed E-state index contributed by atoms with van der Waals surface area (Å²) in [5.41, 5.74) is 10.4. The van der Waals surface area contributed by atoms with E-state index in [1.165, 1.54) is 13.2 Å². The molecule has 3 aliphatic heterocycles. The number of halogens is 6. The molecule has 5 aromatic rings. The van der Waals surface area contributed by atoms with E-state index < -0.39 is 58.0 Å². The number of fused-ring (bicyclic) bond motifs is 2. The van der Waals surface area contributed by atoms with Gasteiger partial charge in [-0.2, -0.15) is 23.1 Å². The molecule has 5 N–H and O–H groups in total. The topological polar surface area (TPSA) is 149 Å². The molecule has 0 aliphatic carbocycles. The molecule has 3 atom stereocenters. The quantitative estimate of drug-likeness (QED) is 0.0592. The number of alkyl halides is 4. The van der Waals surface area contributed by atoms with Gasteiger partial charge in [0.05, 0.1) is 39.6 Å². The fourth-order valence-electron chi connectivity index (χ4n) is 9.12. The van der Waals surface area contributed by atoms with E-state index in [0.717, 1.165) is 35.6 Å². The molecule has 2 saturated heterocycles. The zero-order valence-electron chi connectivity index (χ0n) is 33.3. The molecule has 8 rings (SSSR count). The summed E-state index contributed by atoms with van der Waals surface area (Å²) in [6.07, 6.45) is -1.62. The Bertz CT molecular complexity index is 2470. The number of anilines is 4. The molecule has 19 heteroatoms. The average Bonchev–Trinajstić information content (AvgIpc) is 3.82. The highest BCUT2D eigenvalue weighted by molar-refractivity contribution is 7.23. The smallest absolute Gasteiger partial charge is 0.420 e. The first-order valence-corrected chi connectivity index (χ1v) is 20.7. The van der Waals surface area contributed by atoms with Crippen molar-refractivity contribution in [1.29, 1.82) is 0 Å². The number of hydrogen-bond donors (Lipinski definition) is 3. The van der Waals surface area contributed by atoms with E-state index >= 15 is 22.0 Å². The van der Waals surface area contributed by atoms with Crippen LogP contribution in [0.5, 0.6) is 11.8 Å². The highest BCUT2D eigenvalue weighted by Crippen LogP contribution is 2.55. The molecule has 3 aromatic heterocycles. The van der Waals surface area contributed by atoms with Crippen molar-refractivity contribution in [2.24, 2.45) is 5.16 Å². The van der Waals surface area contributed by atoms with E-state index in [2.05, 4.69) is 20.4 Å². The molecule has 0 amide bonds. The first-order valence-electron chi connectivity index (χ1n) is 19.9. The number of thiophene rings is 1. The monoisotopic (exact) mass is 857 g/mol. The van der Waals surface area contributed by atoms with Gasteiger partial charge in [-0.15, -0.1) is 11.3 Å². The van der Waals surface area contributed by atoms with Crippen molar-refractivity contribution in [3.63, 3.8) is 0 Å². The number of hydrogen-bond acceptors (Lipinski definition) is 13. The van der Waals surface area contributed by atoms with E-state index in [9.17, 15) is 4.39 Å². The second kappa shape index (κ2) is 16.3. The predicted molar refractivity (Wildman–Crippen MR) is 221 cm³/mol. The van der Waals surface area contributed by atoms with Gasteiger partial charge in [0.2, 0.25) is 0 Å². The zero-order valence-corrected chi connectivity index (χ0v) is 34.1. The van der Waals surface area contributed by atoms with Crippen molar-refractivity contribution in [3.8, 4) is 22.9 Å². The molecule has 320 valence electrons. The van der Waals surface area contributed by atoms with Crippen LogP contribution in [0.1, 0.15) is 69.5 Å². The number of rotatable bonds is 13. The van der Waals surface area contributed by atoms with Crippen molar-refractivity contribution in [3.05, 3.63) is 53.2 Å². The number of nitrogens with one attached hydrogen (secondary N) is 1. The van der Waals surface area contributed by atoms with Gasteiger partial charge in [0.25, 0.3) is 0 Å². The number of ether oxygens (including phenoxy) is 2. The standard InChI is InChI=1S/C41H45F6N9O3S/c1-4-59-54-21(2)8-5-10-26(23-9-6-14-51-36(23)48)56-16-17-57-34-29-32(52-39(53-38(29)56)58-20-40-13-7-15-55(40)19-22(42)18-40)31(44)27(30(34)41(45,46)47)24-11-12-25(43)35-28(24)33(50-3)37(49)60-35/h6,9,11-12,14,22,26,50H,4-5,7-8,10,13,15-20,49H2,1-3H3,(H2,48,51)/b54-21+/t22-,26-,40+/m1/s1. The lowest BCUT2D eigenvalue weighted by atomic mass is 9.92. The molecule has 3 aliphatic rings. The summed E-state index contributed by atoms with van der Waals surface area (Å²) in [6, 6.07) is 4.57. The Hall–Kier alpha value is -5.30. The molecule has 12 nitrogen and oxygen atoms in total. The van der Waals surface area contributed by atoms with Crippen LogP contribution in [0.4, 0.5) is 48.7 Å². The molecule has 0 saturated carbocycles. The van der Waals surface area contributed by atoms with Gasteiger partial charge < -0.3 is 36.0 Å². The Morgan fingerprint density at radius 2 is 1.98 bits per heavy atom. The first-order chi connectivity index (χ1) is 28.8. The van der Waals surface area contributed by atoms with Crippen LogP contribution in [-0.2, 0) is 11.0 Å². The summed E-state index contributed by atoms with van der Waals surface area (Å²) in [5.74, 6) is -2.69. The van der Waals surface area contributed by atoms with Gasteiger partial charge in [-0.3, -0.25) is 4.90 Å². The van der Waals surface area contributed by atoms with Crippen LogP contribution in [-0.4, -0.2) is 83.8 Å². The van der Waals surface area contributed by atoms with Crippen molar-refractivity contribution in [1.82, 2.24) is 19.9 Å². The third-order valence-electron chi connectivity index (χ3n) is 11.7. The van der Waals surface area contributed by atoms with Gasteiger partial charge in [-0.25, -0.2) is 18.2 Å². The largest absolute Gasteiger partial charge is 0.490 e. The number of benzene rings is 2. The number of aromatic nitrogens is 3. The van der Waals surface area contributed by atoms with Gasteiger partial charge in [0, 0.05) is 42.7 Å². The lowest BCUT2D eigenvalue weighted by Gasteiger charge is -2.34. The molecule has 2 aromatic carbocycles. The summed E-state index contributed by atoms with van der Waals surface area (Å²) >= 11 is 0.824. The molecular weight excluding hydrogens is 813 g/mol. The Labute approximate surface area is 345 Å². The van der Waals surface area contributed by atoms with Crippen LogP contribution < -0.4 is 31.2 Å². The van der Waals surface area contributed by atoms with Crippen molar-refractivity contribution >= 4 is 60.4 Å². The third kappa shape index (κ3) is 7.32. The Kier molecular flexibility index (Phi) is 11.2. The second-order valence-electron chi connectivity index (χ2n) is 15.4. The maximum atomic E-state index is 17.8. The summed E-state index contributed by atoms with van der Waals surface area (Å²) in [7, 11) is 1.49. The van der Waals surface area contributed by atoms with Crippen LogP contribution >= 0.6 is 11.3 Å². The lowest BCUT2D eigenvalue weighted by molar-refractivity contribution is -0.138. The molecule has 2 fully saturated rings. The highest BCUT2D eigenvalue weighted by Gasteiger charge is 2.50. The average molecular weight is 858 g/mol. The first kappa shape index (κ1) is 41.4. The third-order valence-corrected chi connectivity index (χ3v) is 12.7. The predicted octanol–water partition coefficient (Wildman–Crippen LogP) is 8.89. The molecule has 6 heterocycles. The Balaban J connectivity index is 1.38. The van der Waals surface area contributed by atoms with E-state index in [0.29, 0.717) is 44.4 Å². The lowest BCUT2D eigenvalue weighted by Crippen LogP contribution is -2.43. The summed E-state index contributed by atoms with van der Waals surface area (Å²) < 4.78 is 108. The summed E-state index contributed by atoms with van der Waals surface area (Å²) in [6.45, 7) is 4.62. The molecule has 0 radical (unpaired) electrons. The Morgan fingerprint density at radius 3 is 2.73 bits per heavy atom. The number of oxime groups is 1. The molecule has 0 bridgehead atoms. The Morgan fingerprint density at radius 1 is 1.17 bits per heavy atom. The number of nitrogens with two attached hydrogens (primary N) is 2. The molecule has 60 heavy (non-hydrogen) atoms. The summed E-state index contributed by atoms with van der Waals surface area (Å²) in [4.78, 5) is 22.6. The molecule has 0 unspecified atom stereocenters. The molecule has 0 spiro atoms. The van der Waals surface area contributed by atoms with E-state index in [4.69, 9.17) is 30.8 Å². The van der Waals surface area contributed by atoms with Crippen molar-refractivity contribution in [2.45, 2.75) is 76.3 Å². The van der Waals surface area contributed by atoms with E-state index in [-0.39, 0.29) is 82.1 Å². The van der Waals surface area contributed by atoms with Crippen molar-refractivity contribution < 1.29 is 40.7 Å². The van der Waals surface area contributed by atoms with E-state index in [1.807, 2.05) is 18.7 Å².